The van der Waals surface area contributed by atoms with E-state index in [0.717, 1.165) is 11.1 Å². The van der Waals surface area contributed by atoms with Crippen molar-refractivity contribution in [1.82, 2.24) is 4.90 Å². The van der Waals surface area contributed by atoms with E-state index in [1.807, 2.05) is 37.1 Å². The number of carboxylic acid groups (broad SMARTS) is 1. The van der Waals surface area contributed by atoms with E-state index in [9.17, 15) is 4.79 Å². The average Bonchev–Trinajstić information content (AvgIpc) is 2.33. The summed E-state index contributed by atoms with van der Waals surface area (Å²) in [5.74, 6) is -0.833. The van der Waals surface area contributed by atoms with Crippen LogP contribution >= 0.6 is 11.6 Å². The molecule has 0 aliphatic heterocycles. The van der Waals surface area contributed by atoms with E-state index in [1.165, 1.54) is 0 Å². The minimum atomic E-state index is -0.833. The van der Waals surface area contributed by atoms with E-state index < -0.39 is 5.97 Å². The number of halogens is 1. The first-order valence-corrected chi connectivity index (χ1v) is 6.59. The summed E-state index contributed by atoms with van der Waals surface area (Å²) in [7, 11) is 1.83. The molecule has 5 heteroatoms. The monoisotopic (exact) mass is 285 g/mol. The van der Waals surface area contributed by atoms with Gasteiger partial charge in [-0.05, 0) is 37.6 Å². The molecule has 0 heterocycles. The van der Waals surface area contributed by atoms with Crippen LogP contribution in [0.1, 0.15) is 17.5 Å². The zero-order valence-electron chi connectivity index (χ0n) is 11.3. The lowest BCUT2D eigenvalue weighted by Crippen LogP contribution is -2.37. The second-order valence-corrected chi connectivity index (χ2v) is 5.15. The summed E-state index contributed by atoms with van der Waals surface area (Å²) in [6, 6.07) is 5.59. The van der Waals surface area contributed by atoms with Gasteiger partial charge in [-0.3, -0.25) is 4.79 Å². The molecule has 0 spiro atoms. The fraction of sp³-hybridized carbons (Fsp3) is 0.500. The number of hydrogen-bond donors (Lipinski definition) is 2. The maximum atomic E-state index is 10.9. The van der Waals surface area contributed by atoms with E-state index in [-0.39, 0.29) is 19.1 Å². The Labute approximate surface area is 118 Å². The van der Waals surface area contributed by atoms with Crippen LogP contribution in [-0.2, 0) is 11.2 Å². The number of benzene rings is 1. The summed E-state index contributed by atoms with van der Waals surface area (Å²) in [6.45, 7) is 2.41. The number of likely N-dealkylation sites (N-methyl/N-ethyl adjacent to an activating group) is 1. The highest BCUT2D eigenvalue weighted by molar-refractivity contribution is 6.31. The van der Waals surface area contributed by atoms with Crippen molar-refractivity contribution in [1.29, 1.82) is 0 Å². The number of aliphatic hydroxyl groups is 1. The zero-order chi connectivity index (χ0) is 14.4. The third kappa shape index (κ3) is 5.19. The predicted octanol–water partition coefficient (Wildman–Crippen LogP) is 1.96. The molecule has 1 rings (SSSR count). The molecule has 1 unspecified atom stereocenters. The van der Waals surface area contributed by atoms with Gasteiger partial charge in [0.15, 0.2) is 0 Å². The molecule has 0 saturated heterocycles. The van der Waals surface area contributed by atoms with Crippen LogP contribution in [0, 0.1) is 6.92 Å². The third-order valence-corrected chi connectivity index (χ3v) is 3.60. The standard InChI is InChI=1S/C14H20ClNO3/c1-10-7-11(3-4-13(10)15)8-12(9-14(18)19)16(2)5-6-17/h3-4,7,12,17H,5-6,8-9H2,1-2H3,(H,18,19). The Bertz CT molecular complexity index is 437. The van der Waals surface area contributed by atoms with Crippen molar-refractivity contribution >= 4 is 17.6 Å². The van der Waals surface area contributed by atoms with Crippen molar-refractivity contribution in [3.05, 3.63) is 34.3 Å². The molecule has 0 aliphatic rings. The van der Waals surface area contributed by atoms with Gasteiger partial charge >= 0.3 is 5.97 Å². The molecule has 1 aromatic carbocycles. The second-order valence-electron chi connectivity index (χ2n) is 4.74. The van der Waals surface area contributed by atoms with E-state index in [1.54, 1.807) is 0 Å². The number of aliphatic carboxylic acids is 1. The Morgan fingerprint density at radius 1 is 1.47 bits per heavy atom. The molecule has 106 valence electrons. The zero-order valence-corrected chi connectivity index (χ0v) is 12.0. The van der Waals surface area contributed by atoms with Gasteiger partial charge in [-0.2, -0.15) is 0 Å². The third-order valence-electron chi connectivity index (χ3n) is 3.18. The lowest BCUT2D eigenvalue weighted by Gasteiger charge is -2.26. The van der Waals surface area contributed by atoms with Gasteiger partial charge in [-0.25, -0.2) is 0 Å². The lowest BCUT2D eigenvalue weighted by atomic mass is 10.0. The number of aryl methyl sites for hydroxylation is 1. The van der Waals surface area contributed by atoms with Gasteiger partial charge < -0.3 is 15.1 Å². The highest BCUT2D eigenvalue weighted by atomic mass is 35.5. The molecule has 0 bridgehead atoms. The van der Waals surface area contributed by atoms with E-state index in [4.69, 9.17) is 21.8 Å². The quantitative estimate of drug-likeness (QED) is 0.804. The minimum absolute atomic E-state index is 0.0201. The van der Waals surface area contributed by atoms with Gasteiger partial charge in [-0.1, -0.05) is 23.7 Å². The topological polar surface area (TPSA) is 60.8 Å². The summed E-state index contributed by atoms with van der Waals surface area (Å²) in [6.07, 6.45) is 0.680. The van der Waals surface area contributed by atoms with Crippen molar-refractivity contribution in [2.24, 2.45) is 0 Å². The number of hydrogen-bond acceptors (Lipinski definition) is 3. The van der Waals surface area contributed by atoms with Gasteiger partial charge in [0.1, 0.15) is 0 Å². The maximum absolute atomic E-state index is 10.9. The predicted molar refractivity (Wildman–Crippen MR) is 75.6 cm³/mol. The van der Waals surface area contributed by atoms with Crippen LogP contribution in [-0.4, -0.2) is 47.3 Å². The van der Waals surface area contributed by atoms with Gasteiger partial charge in [0.25, 0.3) is 0 Å². The maximum Gasteiger partial charge on any atom is 0.304 e. The first kappa shape index (κ1) is 16.0. The van der Waals surface area contributed by atoms with Crippen LogP contribution in [0.4, 0.5) is 0 Å². The van der Waals surface area contributed by atoms with Gasteiger partial charge in [-0.15, -0.1) is 0 Å². The Kier molecular flexibility index (Phi) is 6.28. The number of carboxylic acids is 1. The summed E-state index contributed by atoms with van der Waals surface area (Å²) >= 11 is 5.98. The summed E-state index contributed by atoms with van der Waals surface area (Å²) in [5.41, 5.74) is 2.04. The SMILES string of the molecule is Cc1cc(CC(CC(=O)O)N(C)CCO)ccc1Cl. The Morgan fingerprint density at radius 3 is 2.68 bits per heavy atom. The molecular formula is C14H20ClNO3. The van der Waals surface area contributed by atoms with Crippen LogP contribution in [0.5, 0.6) is 0 Å². The fourth-order valence-electron chi connectivity index (χ4n) is 2.03. The molecule has 0 amide bonds. The van der Waals surface area contributed by atoms with Crippen molar-refractivity contribution in [2.45, 2.75) is 25.8 Å². The number of rotatable bonds is 7. The van der Waals surface area contributed by atoms with Crippen LogP contribution in [0.3, 0.4) is 0 Å². The molecular weight excluding hydrogens is 266 g/mol. The molecule has 0 saturated carbocycles. The Morgan fingerprint density at radius 2 is 2.16 bits per heavy atom. The molecule has 1 aromatic rings. The Balaban J connectivity index is 2.80. The minimum Gasteiger partial charge on any atom is -0.481 e. The molecule has 0 aromatic heterocycles. The van der Waals surface area contributed by atoms with Crippen molar-refractivity contribution in [2.75, 3.05) is 20.2 Å². The number of carbonyl (C=O) groups is 1. The van der Waals surface area contributed by atoms with Crippen LogP contribution in [0.25, 0.3) is 0 Å². The van der Waals surface area contributed by atoms with E-state index in [0.29, 0.717) is 18.0 Å². The largest absolute Gasteiger partial charge is 0.481 e. The number of nitrogens with zero attached hydrogens (tertiary/aromatic N) is 1. The van der Waals surface area contributed by atoms with Crippen LogP contribution in [0.2, 0.25) is 5.02 Å². The first-order valence-electron chi connectivity index (χ1n) is 6.22. The molecule has 4 nitrogen and oxygen atoms in total. The van der Waals surface area contributed by atoms with Gasteiger partial charge in [0, 0.05) is 17.6 Å². The van der Waals surface area contributed by atoms with Gasteiger partial charge in [0.2, 0.25) is 0 Å². The first-order chi connectivity index (χ1) is 8.93. The van der Waals surface area contributed by atoms with Gasteiger partial charge in [0.05, 0.1) is 13.0 Å². The smallest absolute Gasteiger partial charge is 0.304 e. The average molecular weight is 286 g/mol. The molecule has 19 heavy (non-hydrogen) atoms. The highest BCUT2D eigenvalue weighted by Crippen LogP contribution is 2.19. The van der Waals surface area contributed by atoms with Crippen molar-refractivity contribution in [3.8, 4) is 0 Å². The molecule has 0 radical (unpaired) electrons. The lowest BCUT2D eigenvalue weighted by molar-refractivity contribution is -0.138. The Hall–Kier alpha value is -1.10. The number of aliphatic hydroxyl groups excluding tert-OH is 1. The van der Waals surface area contributed by atoms with Crippen LogP contribution < -0.4 is 0 Å². The van der Waals surface area contributed by atoms with Crippen molar-refractivity contribution in [3.63, 3.8) is 0 Å². The molecule has 1 atom stereocenters. The second kappa shape index (κ2) is 7.48. The molecule has 0 fully saturated rings. The van der Waals surface area contributed by atoms with E-state index in [2.05, 4.69) is 0 Å². The normalized spacial score (nSPS) is 12.7. The van der Waals surface area contributed by atoms with E-state index >= 15 is 0 Å². The van der Waals surface area contributed by atoms with Crippen molar-refractivity contribution < 1.29 is 15.0 Å². The fourth-order valence-corrected chi connectivity index (χ4v) is 2.15. The summed E-state index contributed by atoms with van der Waals surface area (Å²) in [4.78, 5) is 12.8. The summed E-state index contributed by atoms with van der Waals surface area (Å²) < 4.78 is 0. The molecule has 2 N–H and O–H groups in total. The molecule has 0 aliphatic carbocycles. The van der Waals surface area contributed by atoms with Crippen LogP contribution in [0.15, 0.2) is 18.2 Å². The summed E-state index contributed by atoms with van der Waals surface area (Å²) in [5, 5.41) is 18.6. The highest BCUT2D eigenvalue weighted by Gasteiger charge is 2.18.